The molecule has 10 nitrogen and oxygen atoms in total. The van der Waals surface area contributed by atoms with E-state index in [1.807, 2.05) is 0 Å². The van der Waals surface area contributed by atoms with Gasteiger partial charge in [0.2, 0.25) is 11.3 Å². The van der Waals surface area contributed by atoms with Crippen LogP contribution < -0.4 is 10.2 Å². The van der Waals surface area contributed by atoms with Crippen LogP contribution in [0.5, 0.6) is 0 Å². The van der Waals surface area contributed by atoms with Gasteiger partial charge in [0.1, 0.15) is 0 Å². The van der Waals surface area contributed by atoms with E-state index in [-0.39, 0.29) is 0 Å². The molecule has 2 aliphatic rings. The number of nitrogens with one attached hydrogen (secondary N) is 1. The molecule has 0 spiro atoms. The number of piperidine rings is 1. The summed E-state index contributed by atoms with van der Waals surface area (Å²) in [5, 5.41) is 11.2. The maximum Gasteiger partial charge on any atom is 0.245 e. The van der Waals surface area contributed by atoms with Crippen molar-refractivity contribution in [3.8, 4) is 0 Å². The van der Waals surface area contributed by atoms with Crippen molar-refractivity contribution in [2.24, 2.45) is 5.92 Å². The third-order valence-electron chi connectivity index (χ3n) is 5.18. The smallest absolute Gasteiger partial charge is 0.245 e. The van der Waals surface area contributed by atoms with Crippen molar-refractivity contribution in [3.05, 3.63) is 0 Å². The molecule has 4 heterocycles. The number of hydrogen-bond acceptors (Lipinski definition) is 10. The molecule has 148 valence electrons. The molecular weight excluding hydrogens is 350 g/mol. The summed E-state index contributed by atoms with van der Waals surface area (Å²) >= 11 is 0. The lowest BCUT2D eigenvalue weighted by Gasteiger charge is -2.33. The topological polar surface area (TPSA) is 102 Å². The minimum absolute atomic E-state index is 0.430. The lowest BCUT2D eigenvalue weighted by Crippen LogP contribution is -2.40. The summed E-state index contributed by atoms with van der Waals surface area (Å²) in [5.74, 6) is 2.11. The molecule has 2 aromatic heterocycles. The predicted octanol–water partition coefficient (Wildman–Crippen LogP) is 0.620. The van der Waals surface area contributed by atoms with Gasteiger partial charge in [-0.2, -0.15) is 0 Å². The van der Waals surface area contributed by atoms with Crippen molar-refractivity contribution in [1.29, 1.82) is 0 Å². The third kappa shape index (κ3) is 4.45. The molecule has 1 atom stereocenters. The highest BCUT2D eigenvalue weighted by atomic mass is 16.6. The first kappa shape index (κ1) is 18.3. The highest BCUT2D eigenvalue weighted by Gasteiger charge is 2.23. The van der Waals surface area contributed by atoms with E-state index in [0.29, 0.717) is 30.4 Å². The second-order valence-electron chi connectivity index (χ2n) is 7.09. The SMILES string of the molecule is COCCN1CCC[C@H](CNc2nc3nonc3nc2N2CCOCC2)C1. The molecule has 0 saturated carbocycles. The van der Waals surface area contributed by atoms with Crippen LogP contribution >= 0.6 is 0 Å². The number of anilines is 2. The second-order valence-corrected chi connectivity index (χ2v) is 7.09. The van der Waals surface area contributed by atoms with Crippen molar-refractivity contribution in [3.63, 3.8) is 0 Å². The van der Waals surface area contributed by atoms with Crippen molar-refractivity contribution >= 4 is 22.9 Å². The number of hydrogen-bond donors (Lipinski definition) is 1. The summed E-state index contributed by atoms with van der Waals surface area (Å²) in [7, 11) is 1.75. The Morgan fingerprint density at radius 2 is 1.96 bits per heavy atom. The van der Waals surface area contributed by atoms with Gasteiger partial charge in [-0.25, -0.2) is 14.6 Å². The van der Waals surface area contributed by atoms with Crippen LogP contribution in [0.15, 0.2) is 4.63 Å². The maximum absolute atomic E-state index is 5.46. The number of methoxy groups -OCH3 is 1. The fourth-order valence-electron chi connectivity index (χ4n) is 3.73. The Kier molecular flexibility index (Phi) is 5.95. The molecule has 0 radical (unpaired) electrons. The minimum atomic E-state index is 0.430. The van der Waals surface area contributed by atoms with Crippen LogP contribution in [-0.2, 0) is 9.47 Å². The van der Waals surface area contributed by atoms with Crippen LogP contribution in [0, 0.1) is 5.92 Å². The first-order valence-corrected chi connectivity index (χ1v) is 9.61. The lowest BCUT2D eigenvalue weighted by molar-refractivity contribution is 0.117. The lowest BCUT2D eigenvalue weighted by atomic mass is 9.98. The Bertz CT molecular complexity index is 734. The molecule has 0 bridgehead atoms. The molecule has 10 heteroatoms. The number of nitrogens with zero attached hydrogens (tertiary/aromatic N) is 6. The van der Waals surface area contributed by atoms with Crippen LogP contribution in [0.25, 0.3) is 11.3 Å². The number of ether oxygens (including phenoxy) is 2. The summed E-state index contributed by atoms with van der Waals surface area (Å²) in [4.78, 5) is 13.9. The molecule has 2 fully saturated rings. The Hall–Kier alpha value is -2.04. The van der Waals surface area contributed by atoms with E-state index >= 15 is 0 Å². The first-order valence-electron chi connectivity index (χ1n) is 9.61. The average molecular weight is 377 g/mol. The number of morpholine rings is 1. The van der Waals surface area contributed by atoms with E-state index in [0.717, 1.165) is 57.5 Å². The number of fused-ring (bicyclic) bond motifs is 1. The van der Waals surface area contributed by atoms with E-state index in [2.05, 4.69) is 35.4 Å². The summed E-state index contributed by atoms with van der Waals surface area (Å²) in [6, 6.07) is 0. The van der Waals surface area contributed by atoms with E-state index in [1.54, 1.807) is 7.11 Å². The van der Waals surface area contributed by atoms with Gasteiger partial charge >= 0.3 is 0 Å². The maximum atomic E-state index is 5.46. The zero-order chi connectivity index (χ0) is 18.5. The Labute approximate surface area is 158 Å². The zero-order valence-corrected chi connectivity index (χ0v) is 15.8. The molecule has 27 heavy (non-hydrogen) atoms. The van der Waals surface area contributed by atoms with Crippen LogP contribution in [0.4, 0.5) is 11.6 Å². The summed E-state index contributed by atoms with van der Waals surface area (Å²) in [5.41, 5.74) is 0.866. The van der Waals surface area contributed by atoms with E-state index in [9.17, 15) is 0 Å². The molecule has 0 unspecified atom stereocenters. The molecule has 2 saturated heterocycles. The fourth-order valence-corrected chi connectivity index (χ4v) is 3.73. The van der Waals surface area contributed by atoms with Gasteiger partial charge in [0.05, 0.1) is 19.8 Å². The van der Waals surface area contributed by atoms with Crippen LogP contribution in [-0.4, -0.2) is 91.4 Å². The molecule has 2 aromatic rings. The second kappa shape index (κ2) is 8.77. The largest absolute Gasteiger partial charge is 0.383 e. The van der Waals surface area contributed by atoms with Gasteiger partial charge < -0.3 is 24.6 Å². The standard InChI is InChI=1S/C17H27N7O3/c1-25-8-5-23-4-2-3-13(12-23)11-18-16-17(24-6-9-26-10-7-24)20-15-14(19-16)21-27-22-15/h13H,2-12H2,1H3,(H,18,19,21)/t13-/m1/s1. The van der Waals surface area contributed by atoms with Crippen molar-refractivity contribution in [1.82, 2.24) is 25.2 Å². The van der Waals surface area contributed by atoms with Crippen molar-refractivity contribution in [2.45, 2.75) is 12.8 Å². The van der Waals surface area contributed by atoms with Crippen LogP contribution in [0.3, 0.4) is 0 Å². The molecule has 0 aromatic carbocycles. The fraction of sp³-hybridized carbons (Fsp3) is 0.765. The number of aromatic nitrogens is 4. The zero-order valence-electron chi connectivity index (χ0n) is 15.8. The van der Waals surface area contributed by atoms with Gasteiger partial charge in [0, 0.05) is 39.8 Å². The molecular formula is C17H27N7O3. The van der Waals surface area contributed by atoms with Gasteiger partial charge in [0.25, 0.3) is 0 Å². The predicted molar refractivity (Wildman–Crippen MR) is 100.0 cm³/mol. The number of likely N-dealkylation sites (tertiary alicyclic amines) is 1. The summed E-state index contributed by atoms with van der Waals surface area (Å²) in [6.45, 7) is 7.79. The van der Waals surface area contributed by atoms with Gasteiger partial charge in [-0.1, -0.05) is 0 Å². The van der Waals surface area contributed by atoms with E-state index < -0.39 is 0 Å². The quantitative estimate of drug-likeness (QED) is 0.739. The molecule has 0 amide bonds. The average Bonchev–Trinajstić information content (AvgIpc) is 3.18. The summed E-state index contributed by atoms with van der Waals surface area (Å²) in [6.07, 6.45) is 2.43. The van der Waals surface area contributed by atoms with E-state index in [1.165, 1.54) is 12.8 Å². The van der Waals surface area contributed by atoms with Crippen molar-refractivity contribution in [2.75, 3.05) is 76.4 Å². The highest BCUT2D eigenvalue weighted by molar-refractivity contribution is 5.74. The van der Waals surface area contributed by atoms with Gasteiger partial charge in [0.15, 0.2) is 11.6 Å². The van der Waals surface area contributed by atoms with Gasteiger partial charge in [-0.15, -0.1) is 0 Å². The third-order valence-corrected chi connectivity index (χ3v) is 5.18. The Balaban J connectivity index is 1.45. The van der Waals surface area contributed by atoms with E-state index in [4.69, 9.17) is 14.1 Å². The normalized spacial score (nSPS) is 21.7. The minimum Gasteiger partial charge on any atom is -0.383 e. The highest BCUT2D eigenvalue weighted by Crippen LogP contribution is 2.25. The van der Waals surface area contributed by atoms with Crippen molar-refractivity contribution < 1.29 is 14.1 Å². The van der Waals surface area contributed by atoms with Gasteiger partial charge in [-0.05, 0) is 35.6 Å². The van der Waals surface area contributed by atoms with Crippen LogP contribution in [0.1, 0.15) is 12.8 Å². The molecule has 2 aliphatic heterocycles. The van der Waals surface area contributed by atoms with Gasteiger partial charge in [-0.3, -0.25) is 0 Å². The molecule has 4 rings (SSSR count). The molecule has 0 aliphatic carbocycles. The summed E-state index contributed by atoms with van der Waals surface area (Å²) < 4.78 is 15.5. The Morgan fingerprint density at radius 1 is 1.15 bits per heavy atom. The van der Waals surface area contributed by atoms with Crippen LogP contribution in [0.2, 0.25) is 0 Å². The monoisotopic (exact) mass is 377 g/mol. The molecule has 1 N–H and O–H groups in total. The number of rotatable bonds is 7. The first-order chi connectivity index (χ1) is 13.3. The Morgan fingerprint density at radius 3 is 2.78 bits per heavy atom.